The lowest BCUT2D eigenvalue weighted by atomic mass is 9.87. The summed E-state index contributed by atoms with van der Waals surface area (Å²) in [6.45, 7) is 5.65. The number of carbonyl (C=O) groups is 3. The van der Waals surface area contributed by atoms with Gasteiger partial charge < -0.3 is 19.0 Å². The van der Waals surface area contributed by atoms with E-state index in [4.69, 9.17) is 14.2 Å². The van der Waals surface area contributed by atoms with Crippen molar-refractivity contribution in [2.24, 2.45) is 0 Å². The van der Waals surface area contributed by atoms with Crippen LogP contribution in [-0.2, 0) is 32.1 Å². The van der Waals surface area contributed by atoms with E-state index in [9.17, 15) is 14.4 Å². The van der Waals surface area contributed by atoms with Crippen LogP contribution in [0.1, 0.15) is 38.3 Å². The number of nitrogens with zero attached hydrogens (tertiary/aromatic N) is 1. The van der Waals surface area contributed by atoms with Crippen LogP contribution in [0.25, 0.3) is 0 Å². The number of benzene rings is 2. The standard InChI is InChI=1S/C24H27NO6/c1-23(2,3)31-20-11-9-18(10-12-20)15-24(13-14-26)21(27)30-17-25(24)22(28)29-16-19-7-5-4-6-8-19/h4-12,14H,13,15-17H2,1-3H3. The number of carbonyl (C=O) groups excluding carboxylic acids is 3. The molecule has 0 N–H and O–H groups in total. The Hall–Kier alpha value is -3.35. The highest BCUT2D eigenvalue weighted by molar-refractivity contribution is 5.90. The molecule has 7 heteroatoms. The van der Waals surface area contributed by atoms with Crippen molar-refractivity contribution < 1.29 is 28.6 Å². The quantitative estimate of drug-likeness (QED) is 0.495. The fourth-order valence-corrected chi connectivity index (χ4v) is 3.45. The van der Waals surface area contributed by atoms with E-state index in [0.717, 1.165) is 11.1 Å². The molecule has 3 rings (SSSR count). The molecule has 1 aliphatic heterocycles. The number of ether oxygens (including phenoxy) is 3. The molecule has 1 heterocycles. The van der Waals surface area contributed by atoms with Gasteiger partial charge in [0.05, 0.1) is 0 Å². The van der Waals surface area contributed by atoms with E-state index in [1.54, 1.807) is 12.1 Å². The molecule has 1 saturated heterocycles. The summed E-state index contributed by atoms with van der Waals surface area (Å²) in [6, 6.07) is 16.4. The zero-order chi connectivity index (χ0) is 22.5. The number of aldehydes is 1. The van der Waals surface area contributed by atoms with E-state index >= 15 is 0 Å². The summed E-state index contributed by atoms with van der Waals surface area (Å²) in [5, 5.41) is 0. The van der Waals surface area contributed by atoms with Gasteiger partial charge in [-0.2, -0.15) is 0 Å². The van der Waals surface area contributed by atoms with Gasteiger partial charge in [0, 0.05) is 12.8 Å². The molecule has 2 aromatic carbocycles. The van der Waals surface area contributed by atoms with Gasteiger partial charge >= 0.3 is 12.1 Å². The van der Waals surface area contributed by atoms with Crippen LogP contribution in [0, 0.1) is 0 Å². The molecule has 164 valence electrons. The molecule has 0 radical (unpaired) electrons. The van der Waals surface area contributed by atoms with Crippen LogP contribution in [0.4, 0.5) is 4.79 Å². The normalized spacial score (nSPS) is 18.4. The van der Waals surface area contributed by atoms with Crippen LogP contribution < -0.4 is 4.74 Å². The molecule has 1 amide bonds. The third-order valence-electron chi connectivity index (χ3n) is 4.91. The predicted octanol–water partition coefficient (Wildman–Crippen LogP) is 3.89. The maximum absolute atomic E-state index is 12.8. The van der Waals surface area contributed by atoms with Gasteiger partial charge in [-0.25, -0.2) is 9.59 Å². The van der Waals surface area contributed by atoms with Crippen LogP contribution >= 0.6 is 0 Å². The Labute approximate surface area is 181 Å². The lowest BCUT2D eigenvalue weighted by Crippen LogP contribution is -2.53. The molecule has 31 heavy (non-hydrogen) atoms. The second kappa shape index (κ2) is 9.20. The summed E-state index contributed by atoms with van der Waals surface area (Å²) in [5.41, 5.74) is -0.197. The monoisotopic (exact) mass is 425 g/mol. The van der Waals surface area contributed by atoms with Crippen LogP contribution in [-0.4, -0.2) is 41.1 Å². The Bertz CT molecular complexity index is 919. The smallest absolute Gasteiger partial charge is 0.413 e. The topological polar surface area (TPSA) is 82.1 Å². The second-order valence-electron chi connectivity index (χ2n) is 8.47. The molecule has 0 aromatic heterocycles. The zero-order valence-corrected chi connectivity index (χ0v) is 18.0. The van der Waals surface area contributed by atoms with Crippen molar-refractivity contribution in [2.45, 2.75) is 51.4 Å². The molecular formula is C24H27NO6. The Balaban J connectivity index is 1.78. The van der Waals surface area contributed by atoms with Crippen molar-refractivity contribution in [1.29, 1.82) is 0 Å². The van der Waals surface area contributed by atoms with Gasteiger partial charge in [-0.05, 0) is 44.0 Å². The highest BCUT2D eigenvalue weighted by Crippen LogP contribution is 2.33. The van der Waals surface area contributed by atoms with Crippen LogP contribution in [0.5, 0.6) is 5.75 Å². The molecule has 2 aromatic rings. The molecule has 0 bridgehead atoms. The van der Waals surface area contributed by atoms with Gasteiger partial charge in [-0.3, -0.25) is 4.90 Å². The lowest BCUT2D eigenvalue weighted by Gasteiger charge is -2.31. The average molecular weight is 425 g/mol. The van der Waals surface area contributed by atoms with E-state index in [-0.39, 0.29) is 31.8 Å². The Morgan fingerprint density at radius 3 is 2.39 bits per heavy atom. The summed E-state index contributed by atoms with van der Waals surface area (Å²) in [4.78, 5) is 38.1. The average Bonchev–Trinajstić information content (AvgIpc) is 3.03. The first-order valence-electron chi connectivity index (χ1n) is 10.1. The third-order valence-corrected chi connectivity index (χ3v) is 4.91. The van der Waals surface area contributed by atoms with E-state index in [1.807, 2.05) is 63.2 Å². The number of rotatable bonds is 7. The molecule has 0 spiro atoms. The molecule has 1 unspecified atom stereocenters. The summed E-state index contributed by atoms with van der Waals surface area (Å²) >= 11 is 0. The number of hydrogen-bond donors (Lipinski definition) is 0. The fourth-order valence-electron chi connectivity index (χ4n) is 3.45. The van der Waals surface area contributed by atoms with Gasteiger partial charge in [-0.1, -0.05) is 42.5 Å². The van der Waals surface area contributed by atoms with E-state index < -0.39 is 17.6 Å². The van der Waals surface area contributed by atoms with Gasteiger partial charge in [0.15, 0.2) is 12.3 Å². The second-order valence-corrected chi connectivity index (χ2v) is 8.47. The summed E-state index contributed by atoms with van der Waals surface area (Å²) < 4.78 is 16.4. The highest BCUT2D eigenvalue weighted by Gasteiger charge is 2.53. The van der Waals surface area contributed by atoms with Crippen molar-refractivity contribution >= 4 is 18.3 Å². The van der Waals surface area contributed by atoms with Crippen LogP contribution in [0.15, 0.2) is 54.6 Å². The highest BCUT2D eigenvalue weighted by atomic mass is 16.6. The summed E-state index contributed by atoms with van der Waals surface area (Å²) in [7, 11) is 0. The molecule has 0 saturated carbocycles. The molecular weight excluding hydrogens is 398 g/mol. The predicted molar refractivity (Wildman–Crippen MR) is 113 cm³/mol. The summed E-state index contributed by atoms with van der Waals surface area (Å²) in [6.07, 6.45) is -0.140. The SMILES string of the molecule is CC(C)(C)Oc1ccc(CC2(CC=O)C(=O)OCN2C(=O)OCc2ccccc2)cc1. The van der Waals surface area contributed by atoms with Gasteiger partial charge in [0.2, 0.25) is 0 Å². The zero-order valence-electron chi connectivity index (χ0n) is 18.0. The maximum atomic E-state index is 12.8. The van der Waals surface area contributed by atoms with Crippen LogP contribution in [0.2, 0.25) is 0 Å². The Kier molecular flexibility index (Phi) is 6.63. The molecule has 1 fully saturated rings. The van der Waals surface area contributed by atoms with Gasteiger partial charge in [-0.15, -0.1) is 0 Å². The third kappa shape index (κ3) is 5.42. The number of amides is 1. The fraction of sp³-hybridized carbons (Fsp3) is 0.375. The molecule has 0 aliphatic carbocycles. The lowest BCUT2D eigenvalue weighted by molar-refractivity contribution is -0.143. The van der Waals surface area contributed by atoms with Crippen molar-refractivity contribution in [2.75, 3.05) is 6.73 Å². The first-order valence-corrected chi connectivity index (χ1v) is 10.1. The Morgan fingerprint density at radius 2 is 1.77 bits per heavy atom. The number of cyclic esters (lactones) is 1. The van der Waals surface area contributed by atoms with Gasteiger partial charge in [0.25, 0.3) is 0 Å². The molecule has 7 nitrogen and oxygen atoms in total. The van der Waals surface area contributed by atoms with Crippen molar-refractivity contribution in [3.8, 4) is 5.75 Å². The largest absolute Gasteiger partial charge is 0.488 e. The van der Waals surface area contributed by atoms with Gasteiger partial charge in [0.1, 0.15) is 24.2 Å². The minimum atomic E-state index is -1.44. The maximum Gasteiger partial charge on any atom is 0.413 e. The first kappa shape index (κ1) is 22.3. The molecule has 1 aliphatic rings. The minimum absolute atomic E-state index is 0.0559. The van der Waals surface area contributed by atoms with Crippen molar-refractivity contribution in [1.82, 2.24) is 4.90 Å². The van der Waals surface area contributed by atoms with Crippen LogP contribution in [0.3, 0.4) is 0 Å². The van der Waals surface area contributed by atoms with E-state index in [0.29, 0.717) is 12.0 Å². The van der Waals surface area contributed by atoms with Crippen molar-refractivity contribution in [3.05, 3.63) is 65.7 Å². The minimum Gasteiger partial charge on any atom is -0.488 e. The van der Waals surface area contributed by atoms with E-state index in [2.05, 4.69) is 0 Å². The first-order chi connectivity index (χ1) is 14.7. The van der Waals surface area contributed by atoms with Crippen molar-refractivity contribution in [3.63, 3.8) is 0 Å². The number of hydrogen-bond acceptors (Lipinski definition) is 6. The molecule has 1 atom stereocenters. The Morgan fingerprint density at radius 1 is 1.10 bits per heavy atom. The summed E-state index contributed by atoms with van der Waals surface area (Å²) in [5.74, 6) is 0.0695. The van der Waals surface area contributed by atoms with E-state index in [1.165, 1.54) is 4.90 Å². The number of esters is 1.